The molecule has 0 N–H and O–H groups in total. The van der Waals surface area contributed by atoms with Crippen molar-refractivity contribution in [3.8, 4) is 11.1 Å². The smallest absolute Gasteiger partial charge is 0.192 e. The fraction of sp³-hybridized carbons (Fsp3) is 0.308. The van der Waals surface area contributed by atoms with Crippen LogP contribution in [-0.2, 0) is 14.2 Å². The zero-order valence-corrected chi connectivity index (χ0v) is 17.9. The van der Waals surface area contributed by atoms with Gasteiger partial charge in [0.1, 0.15) is 11.6 Å². The Kier molecular flexibility index (Phi) is 6.82. The molecule has 1 aliphatic carbocycles. The van der Waals surface area contributed by atoms with Crippen LogP contribution in [0.25, 0.3) is 16.7 Å². The van der Waals surface area contributed by atoms with Crippen molar-refractivity contribution in [3.63, 3.8) is 0 Å². The van der Waals surface area contributed by atoms with Crippen LogP contribution in [-0.4, -0.2) is 32.7 Å². The second-order valence-corrected chi connectivity index (χ2v) is 7.80. The van der Waals surface area contributed by atoms with Gasteiger partial charge in [0.15, 0.2) is 18.6 Å². The number of allylic oxidation sites excluding steroid dienone is 5. The summed E-state index contributed by atoms with van der Waals surface area (Å²) in [6.45, 7) is 2.98. The standard InChI is InChI=1S/C26H25F3O3/c1-3-4-16-14-31-26(32-15-16)19-9-10-20(22(27)13-19)17-5-7-18(8-6-17)21-11-12-23(30-2)25(29)24(21)28/h3-13,16,24-26H,14-15H2,1-2H3/b4-3+. The van der Waals surface area contributed by atoms with Gasteiger partial charge in [0.05, 0.1) is 20.3 Å². The maximum Gasteiger partial charge on any atom is 0.192 e. The van der Waals surface area contributed by atoms with Crippen molar-refractivity contribution in [1.29, 1.82) is 0 Å². The van der Waals surface area contributed by atoms with Crippen LogP contribution >= 0.6 is 0 Å². The second-order valence-electron chi connectivity index (χ2n) is 7.80. The first-order valence-electron chi connectivity index (χ1n) is 10.5. The van der Waals surface area contributed by atoms with Crippen LogP contribution in [0.2, 0.25) is 0 Å². The number of hydrogen-bond acceptors (Lipinski definition) is 3. The van der Waals surface area contributed by atoms with Crippen molar-refractivity contribution in [3.05, 3.63) is 89.5 Å². The van der Waals surface area contributed by atoms with Gasteiger partial charge in [0.2, 0.25) is 0 Å². The molecule has 2 aromatic rings. The summed E-state index contributed by atoms with van der Waals surface area (Å²) in [5, 5.41) is 0. The fourth-order valence-electron chi connectivity index (χ4n) is 3.94. The van der Waals surface area contributed by atoms with Gasteiger partial charge >= 0.3 is 0 Å². The number of methoxy groups -OCH3 is 1. The molecular weight excluding hydrogens is 417 g/mol. The summed E-state index contributed by atoms with van der Waals surface area (Å²) in [5.74, 6) is -0.246. The molecule has 0 aromatic heterocycles. The number of ether oxygens (including phenoxy) is 3. The van der Waals surface area contributed by atoms with Crippen LogP contribution in [0.4, 0.5) is 13.2 Å². The van der Waals surface area contributed by atoms with Gasteiger partial charge in [0, 0.05) is 17.0 Å². The molecule has 2 aliphatic rings. The highest BCUT2D eigenvalue weighted by molar-refractivity contribution is 5.75. The summed E-state index contributed by atoms with van der Waals surface area (Å²) in [5.41, 5.74) is 2.41. The molecule has 2 unspecified atom stereocenters. The summed E-state index contributed by atoms with van der Waals surface area (Å²) in [7, 11) is 1.31. The first-order chi connectivity index (χ1) is 15.5. The Morgan fingerprint density at radius 1 is 0.938 bits per heavy atom. The molecule has 1 aliphatic heterocycles. The molecule has 1 saturated heterocycles. The lowest BCUT2D eigenvalue weighted by molar-refractivity contribution is -0.197. The molecule has 0 spiro atoms. The van der Waals surface area contributed by atoms with Crippen molar-refractivity contribution >= 4 is 5.57 Å². The molecule has 0 saturated carbocycles. The third-order valence-corrected chi connectivity index (χ3v) is 5.67. The number of halogens is 3. The molecular formula is C26H25F3O3. The van der Waals surface area contributed by atoms with Crippen molar-refractivity contribution in [2.45, 2.75) is 25.6 Å². The Balaban J connectivity index is 1.50. The minimum atomic E-state index is -1.85. The zero-order chi connectivity index (χ0) is 22.7. The highest BCUT2D eigenvalue weighted by atomic mass is 19.2. The Bertz CT molecular complexity index is 1030. The van der Waals surface area contributed by atoms with Crippen LogP contribution in [0, 0.1) is 11.7 Å². The van der Waals surface area contributed by atoms with Gasteiger partial charge in [-0.2, -0.15) is 0 Å². The molecule has 1 heterocycles. The van der Waals surface area contributed by atoms with Crippen LogP contribution < -0.4 is 0 Å². The Hall–Kier alpha value is -2.83. The van der Waals surface area contributed by atoms with E-state index in [0.717, 1.165) is 0 Å². The zero-order valence-electron chi connectivity index (χ0n) is 17.9. The molecule has 0 bridgehead atoms. The van der Waals surface area contributed by atoms with Gasteiger partial charge in [0.25, 0.3) is 0 Å². The van der Waals surface area contributed by atoms with Crippen molar-refractivity contribution in [1.82, 2.24) is 0 Å². The van der Waals surface area contributed by atoms with E-state index in [9.17, 15) is 13.2 Å². The third kappa shape index (κ3) is 4.52. The maximum absolute atomic E-state index is 14.9. The number of hydrogen-bond donors (Lipinski definition) is 0. The van der Waals surface area contributed by atoms with E-state index >= 15 is 0 Å². The lowest BCUT2D eigenvalue weighted by atomic mass is 9.92. The first-order valence-corrected chi connectivity index (χ1v) is 10.5. The SMILES string of the molecule is C/C=C/C1COC(c2ccc(-c3ccc(C4=CC=C(OC)C(F)C4F)cc3)c(F)c2)OC1. The number of benzene rings is 2. The topological polar surface area (TPSA) is 27.7 Å². The Morgan fingerprint density at radius 3 is 2.25 bits per heavy atom. The monoisotopic (exact) mass is 442 g/mol. The maximum atomic E-state index is 14.9. The van der Waals surface area contributed by atoms with Gasteiger partial charge in [-0.3, -0.25) is 0 Å². The summed E-state index contributed by atoms with van der Waals surface area (Å²) in [6.07, 6.45) is 2.66. The fourth-order valence-corrected chi connectivity index (χ4v) is 3.94. The van der Waals surface area contributed by atoms with E-state index in [2.05, 4.69) is 0 Å². The van der Waals surface area contributed by atoms with E-state index in [4.69, 9.17) is 14.2 Å². The predicted molar refractivity (Wildman–Crippen MR) is 118 cm³/mol. The molecule has 0 amide bonds. The number of alkyl halides is 2. The van der Waals surface area contributed by atoms with Gasteiger partial charge in [-0.1, -0.05) is 54.6 Å². The van der Waals surface area contributed by atoms with Crippen LogP contribution in [0.1, 0.15) is 24.3 Å². The lowest BCUT2D eigenvalue weighted by Crippen LogP contribution is -2.25. The molecule has 1 fully saturated rings. The van der Waals surface area contributed by atoms with E-state index in [1.165, 1.54) is 25.3 Å². The third-order valence-electron chi connectivity index (χ3n) is 5.67. The molecule has 2 atom stereocenters. The van der Waals surface area contributed by atoms with E-state index in [1.807, 2.05) is 19.1 Å². The van der Waals surface area contributed by atoms with E-state index < -0.39 is 24.5 Å². The van der Waals surface area contributed by atoms with E-state index in [1.54, 1.807) is 36.4 Å². The highest BCUT2D eigenvalue weighted by Crippen LogP contribution is 2.34. The highest BCUT2D eigenvalue weighted by Gasteiger charge is 2.32. The number of rotatable bonds is 5. The Morgan fingerprint density at radius 2 is 1.62 bits per heavy atom. The van der Waals surface area contributed by atoms with Gasteiger partial charge in [-0.15, -0.1) is 0 Å². The average molecular weight is 442 g/mol. The summed E-state index contributed by atoms with van der Waals surface area (Å²) in [6, 6.07) is 11.6. The molecule has 6 heteroatoms. The van der Waals surface area contributed by atoms with Crippen molar-refractivity contribution in [2.24, 2.45) is 5.92 Å². The van der Waals surface area contributed by atoms with Gasteiger partial charge in [-0.05, 0) is 35.8 Å². The molecule has 168 valence electrons. The van der Waals surface area contributed by atoms with Crippen molar-refractivity contribution in [2.75, 3.05) is 20.3 Å². The molecule has 4 rings (SSSR count). The second kappa shape index (κ2) is 9.76. The summed E-state index contributed by atoms with van der Waals surface area (Å²) in [4.78, 5) is 0. The van der Waals surface area contributed by atoms with Crippen LogP contribution in [0.5, 0.6) is 0 Å². The van der Waals surface area contributed by atoms with Crippen molar-refractivity contribution < 1.29 is 27.4 Å². The van der Waals surface area contributed by atoms with Gasteiger partial charge in [-0.25, -0.2) is 13.2 Å². The minimum Gasteiger partial charge on any atom is -0.498 e. The van der Waals surface area contributed by atoms with E-state index in [0.29, 0.717) is 35.5 Å². The van der Waals surface area contributed by atoms with Gasteiger partial charge < -0.3 is 14.2 Å². The molecule has 0 radical (unpaired) electrons. The quantitative estimate of drug-likeness (QED) is 0.506. The molecule has 2 aromatic carbocycles. The van der Waals surface area contributed by atoms with E-state index in [-0.39, 0.29) is 17.3 Å². The average Bonchev–Trinajstić information content (AvgIpc) is 2.82. The van der Waals surface area contributed by atoms with Crippen LogP contribution in [0.15, 0.2) is 72.5 Å². The minimum absolute atomic E-state index is 0.0386. The molecule has 32 heavy (non-hydrogen) atoms. The molecule has 3 nitrogen and oxygen atoms in total. The largest absolute Gasteiger partial charge is 0.498 e. The predicted octanol–water partition coefficient (Wildman–Crippen LogP) is 6.33. The first kappa shape index (κ1) is 22.4. The normalized spacial score (nSPS) is 26.0. The van der Waals surface area contributed by atoms with Crippen LogP contribution in [0.3, 0.4) is 0 Å². The Labute approximate surface area is 185 Å². The lowest BCUT2D eigenvalue weighted by Gasteiger charge is -2.28. The summed E-state index contributed by atoms with van der Waals surface area (Å²) >= 11 is 0. The summed E-state index contributed by atoms with van der Waals surface area (Å²) < 4.78 is 59.8.